The fourth-order valence-corrected chi connectivity index (χ4v) is 2.27. The van der Waals surface area contributed by atoms with Gasteiger partial charge in [-0.3, -0.25) is 5.41 Å². The maximum atomic E-state index is 7.39. The van der Waals surface area contributed by atoms with Crippen LogP contribution in [0.1, 0.15) is 13.3 Å². The molecule has 1 aromatic carbocycles. The molecule has 0 amide bonds. The lowest BCUT2D eigenvalue weighted by molar-refractivity contribution is 0.991. The fraction of sp³-hybridized carbons (Fsp3) is 0.300. The van der Waals surface area contributed by atoms with E-state index in [0.29, 0.717) is 0 Å². The van der Waals surface area contributed by atoms with Crippen molar-refractivity contribution in [1.29, 1.82) is 5.41 Å². The molecule has 0 spiro atoms. The zero-order chi connectivity index (χ0) is 10.6. The third-order valence-electron chi connectivity index (χ3n) is 1.82. The van der Waals surface area contributed by atoms with Gasteiger partial charge in [0.2, 0.25) is 0 Å². The zero-order valence-corrected chi connectivity index (χ0v) is 9.53. The molecule has 0 aliphatic heterocycles. The van der Waals surface area contributed by atoms with Crippen LogP contribution in [-0.4, -0.2) is 11.1 Å². The van der Waals surface area contributed by atoms with E-state index in [0.717, 1.165) is 16.3 Å². The molecule has 1 aromatic rings. The first-order valence-corrected chi connectivity index (χ1v) is 5.66. The van der Waals surface area contributed by atoms with Crippen LogP contribution in [0, 0.1) is 5.41 Å². The Kier molecular flexibility index (Phi) is 4.29. The van der Waals surface area contributed by atoms with Crippen LogP contribution in [0.15, 0.2) is 29.2 Å². The number of thioether (sulfide) groups is 1. The van der Waals surface area contributed by atoms with Crippen molar-refractivity contribution in [2.24, 2.45) is 5.73 Å². The van der Waals surface area contributed by atoms with Gasteiger partial charge in [-0.2, -0.15) is 0 Å². The molecule has 0 saturated heterocycles. The molecule has 0 aromatic heterocycles. The lowest BCUT2D eigenvalue weighted by atomic mass is 10.3. The number of rotatable bonds is 4. The van der Waals surface area contributed by atoms with Gasteiger partial charge in [0.15, 0.2) is 0 Å². The van der Waals surface area contributed by atoms with Crippen LogP contribution in [-0.2, 0) is 0 Å². The van der Waals surface area contributed by atoms with E-state index in [1.807, 2.05) is 31.2 Å². The van der Waals surface area contributed by atoms with Crippen LogP contribution in [0.5, 0.6) is 0 Å². The van der Waals surface area contributed by atoms with E-state index in [1.54, 1.807) is 11.8 Å². The SMILES string of the molecule is CCC(Sc1ccccc1Cl)C(=N)N. The average Bonchev–Trinajstić information content (AvgIpc) is 2.16. The highest BCUT2D eigenvalue weighted by atomic mass is 35.5. The molecule has 0 saturated carbocycles. The van der Waals surface area contributed by atoms with Crippen LogP contribution < -0.4 is 5.73 Å². The smallest absolute Gasteiger partial charge is 0.104 e. The van der Waals surface area contributed by atoms with Gasteiger partial charge in [0.1, 0.15) is 5.84 Å². The lowest BCUT2D eigenvalue weighted by Crippen LogP contribution is -2.23. The summed E-state index contributed by atoms with van der Waals surface area (Å²) in [6, 6.07) is 7.61. The Morgan fingerprint density at radius 1 is 1.57 bits per heavy atom. The Morgan fingerprint density at radius 3 is 2.71 bits per heavy atom. The molecule has 1 unspecified atom stereocenters. The van der Waals surface area contributed by atoms with E-state index in [-0.39, 0.29) is 11.1 Å². The molecule has 1 rings (SSSR count). The van der Waals surface area contributed by atoms with Gasteiger partial charge in [-0.25, -0.2) is 0 Å². The molecule has 0 bridgehead atoms. The summed E-state index contributed by atoms with van der Waals surface area (Å²) in [5.41, 5.74) is 5.46. The Balaban J connectivity index is 2.77. The Morgan fingerprint density at radius 2 is 2.21 bits per heavy atom. The molecule has 0 radical (unpaired) electrons. The minimum Gasteiger partial charge on any atom is -0.387 e. The van der Waals surface area contributed by atoms with E-state index in [9.17, 15) is 0 Å². The van der Waals surface area contributed by atoms with Crippen LogP contribution in [0.3, 0.4) is 0 Å². The summed E-state index contributed by atoms with van der Waals surface area (Å²) in [6.45, 7) is 2.01. The summed E-state index contributed by atoms with van der Waals surface area (Å²) in [7, 11) is 0. The highest BCUT2D eigenvalue weighted by molar-refractivity contribution is 8.00. The minimum atomic E-state index is 0.0231. The van der Waals surface area contributed by atoms with Crippen LogP contribution >= 0.6 is 23.4 Å². The molecule has 1 atom stereocenters. The summed E-state index contributed by atoms with van der Waals surface area (Å²) in [6.07, 6.45) is 0.839. The molecule has 0 aliphatic rings. The van der Waals surface area contributed by atoms with E-state index in [1.165, 1.54) is 0 Å². The monoisotopic (exact) mass is 228 g/mol. The molecular weight excluding hydrogens is 216 g/mol. The molecule has 76 valence electrons. The highest BCUT2D eigenvalue weighted by Crippen LogP contribution is 2.31. The van der Waals surface area contributed by atoms with Crippen LogP contribution in [0.4, 0.5) is 0 Å². The standard InChI is InChI=1S/C10H13ClN2S/c1-2-8(10(12)13)14-9-6-4-3-5-7(9)11/h3-6,8H,2H2,1H3,(H3,12,13). The molecule has 3 N–H and O–H groups in total. The maximum Gasteiger partial charge on any atom is 0.104 e. The van der Waals surface area contributed by atoms with Crippen LogP contribution in [0.25, 0.3) is 0 Å². The first-order chi connectivity index (χ1) is 6.65. The van der Waals surface area contributed by atoms with Crippen molar-refractivity contribution < 1.29 is 0 Å². The number of hydrogen-bond donors (Lipinski definition) is 2. The highest BCUT2D eigenvalue weighted by Gasteiger charge is 2.12. The number of nitrogens with two attached hydrogens (primary N) is 1. The summed E-state index contributed by atoms with van der Waals surface area (Å²) in [4.78, 5) is 0.983. The van der Waals surface area contributed by atoms with Crippen molar-refractivity contribution in [3.63, 3.8) is 0 Å². The van der Waals surface area contributed by atoms with Crippen molar-refractivity contribution in [1.82, 2.24) is 0 Å². The number of nitrogens with one attached hydrogen (secondary N) is 1. The van der Waals surface area contributed by atoms with Crippen molar-refractivity contribution in [3.05, 3.63) is 29.3 Å². The second-order valence-electron chi connectivity index (χ2n) is 2.90. The number of halogens is 1. The molecule has 0 fully saturated rings. The predicted molar refractivity (Wildman–Crippen MR) is 63.3 cm³/mol. The quantitative estimate of drug-likeness (QED) is 0.473. The molecule has 0 heterocycles. The normalized spacial score (nSPS) is 12.4. The lowest BCUT2D eigenvalue weighted by Gasteiger charge is -2.13. The number of hydrogen-bond acceptors (Lipinski definition) is 2. The van der Waals surface area contributed by atoms with Crippen molar-refractivity contribution >= 4 is 29.2 Å². The Bertz CT molecular complexity index is 328. The average molecular weight is 229 g/mol. The number of benzene rings is 1. The van der Waals surface area contributed by atoms with Crippen molar-refractivity contribution in [3.8, 4) is 0 Å². The zero-order valence-electron chi connectivity index (χ0n) is 7.96. The van der Waals surface area contributed by atoms with Gasteiger partial charge in [-0.05, 0) is 18.6 Å². The first kappa shape index (κ1) is 11.4. The maximum absolute atomic E-state index is 7.39. The van der Waals surface area contributed by atoms with Gasteiger partial charge in [0, 0.05) is 4.90 Å². The van der Waals surface area contributed by atoms with Gasteiger partial charge >= 0.3 is 0 Å². The third-order valence-corrected chi connectivity index (χ3v) is 3.75. The van der Waals surface area contributed by atoms with Gasteiger partial charge < -0.3 is 5.73 Å². The second-order valence-corrected chi connectivity index (χ2v) is 4.55. The number of amidine groups is 1. The summed E-state index contributed by atoms with van der Waals surface area (Å²) in [5.74, 6) is 0.206. The molecule has 0 aliphatic carbocycles. The van der Waals surface area contributed by atoms with E-state index in [4.69, 9.17) is 22.7 Å². The van der Waals surface area contributed by atoms with E-state index < -0.39 is 0 Å². The Labute approximate surface area is 93.3 Å². The molecule has 2 nitrogen and oxygen atoms in total. The topological polar surface area (TPSA) is 49.9 Å². The molecule has 4 heteroatoms. The predicted octanol–water partition coefficient (Wildman–Crippen LogP) is 3.15. The first-order valence-electron chi connectivity index (χ1n) is 4.40. The van der Waals surface area contributed by atoms with E-state index in [2.05, 4.69) is 0 Å². The van der Waals surface area contributed by atoms with E-state index >= 15 is 0 Å². The van der Waals surface area contributed by atoms with Crippen molar-refractivity contribution in [2.45, 2.75) is 23.5 Å². The third kappa shape index (κ3) is 2.93. The van der Waals surface area contributed by atoms with Gasteiger partial charge in [0.05, 0.1) is 10.3 Å². The van der Waals surface area contributed by atoms with Crippen LogP contribution in [0.2, 0.25) is 5.02 Å². The summed E-state index contributed by atoms with van der Waals surface area (Å²) in [5, 5.41) is 8.13. The van der Waals surface area contributed by atoms with Gasteiger partial charge in [-0.1, -0.05) is 30.7 Å². The largest absolute Gasteiger partial charge is 0.387 e. The molecule has 14 heavy (non-hydrogen) atoms. The minimum absolute atomic E-state index is 0.0231. The summed E-state index contributed by atoms with van der Waals surface area (Å²) < 4.78 is 0. The molecular formula is C10H13ClN2S. The second kappa shape index (κ2) is 5.27. The fourth-order valence-electron chi connectivity index (χ4n) is 1.06. The van der Waals surface area contributed by atoms with Gasteiger partial charge in [-0.15, -0.1) is 11.8 Å². The van der Waals surface area contributed by atoms with Crippen molar-refractivity contribution in [2.75, 3.05) is 0 Å². The summed E-state index contributed by atoms with van der Waals surface area (Å²) >= 11 is 7.54. The van der Waals surface area contributed by atoms with Gasteiger partial charge in [0.25, 0.3) is 0 Å². The Hall–Kier alpha value is -0.670.